The van der Waals surface area contributed by atoms with E-state index in [0.29, 0.717) is 0 Å². The van der Waals surface area contributed by atoms with Crippen LogP contribution in [0, 0.1) is 0 Å². The van der Waals surface area contributed by atoms with Crippen LogP contribution in [0.4, 0.5) is 5.82 Å². The van der Waals surface area contributed by atoms with Crippen molar-refractivity contribution in [2.24, 2.45) is 0 Å². The highest BCUT2D eigenvalue weighted by Gasteiger charge is 2.02. The van der Waals surface area contributed by atoms with Crippen molar-refractivity contribution in [1.82, 2.24) is 10.2 Å². The first-order valence-corrected chi connectivity index (χ1v) is 5.90. The van der Waals surface area contributed by atoms with E-state index in [4.69, 9.17) is 5.11 Å². The van der Waals surface area contributed by atoms with Gasteiger partial charge in [-0.3, -0.25) is 0 Å². The summed E-state index contributed by atoms with van der Waals surface area (Å²) in [4.78, 5) is 0. The Kier molecular flexibility index (Phi) is 3.88. The molecule has 0 bridgehead atoms. The van der Waals surface area contributed by atoms with Crippen LogP contribution in [0.5, 0.6) is 0 Å². The van der Waals surface area contributed by atoms with Crippen LogP contribution in [0.3, 0.4) is 0 Å². The minimum Gasteiger partial charge on any atom is -0.393 e. The molecule has 2 N–H and O–H groups in total. The van der Waals surface area contributed by atoms with Crippen LogP contribution in [-0.4, -0.2) is 28.0 Å². The molecule has 1 heterocycles. The van der Waals surface area contributed by atoms with Crippen molar-refractivity contribution in [3.8, 4) is 0 Å². The first kappa shape index (κ1) is 11.8. The number of rotatable bonds is 5. The molecule has 17 heavy (non-hydrogen) atoms. The Morgan fingerprint density at radius 3 is 3.00 bits per heavy atom. The first-order chi connectivity index (χ1) is 8.27. The second kappa shape index (κ2) is 5.59. The SMILES string of the molecule is CC(O)CCCNc1nncc2ccccc12. The van der Waals surface area contributed by atoms with Gasteiger partial charge in [-0.25, -0.2) is 0 Å². The van der Waals surface area contributed by atoms with Crippen LogP contribution in [0.25, 0.3) is 10.8 Å². The van der Waals surface area contributed by atoms with Gasteiger partial charge in [-0.2, -0.15) is 5.10 Å². The Balaban J connectivity index is 2.03. The highest BCUT2D eigenvalue weighted by Crippen LogP contribution is 2.19. The summed E-state index contributed by atoms with van der Waals surface area (Å²) in [5.74, 6) is 0.814. The van der Waals surface area contributed by atoms with E-state index in [2.05, 4.69) is 15.5 Å². The second-order valence-electron chi connectivity index (χ2n) is 4.20. The summed E-state index contributed by atoms with van der Waals surface area (Å²) >= 11 is 0. The molecule has 0 aliphatic rings. The lowest BCUT2D eigenvalue weighted by Gasteiger charge is -2.08. The molecule has 90 valence electrons. The van der Waals surface area contributed by atoms with Crippen molar-refractivity contribution in [3.63, 3.8) is 0 Å². The van der Waals surface area contributed by atoms with Crippen molar-refractivity contribution in [1.29, 1.82) is 0 Å². The van der Waals surface area contributed by atoms with Crippen molar-refractivity contribution in [3.05, 3.63) is 30.5 Å². The minimum atomic E-state index is -0.240. The maximum Gasteiger partial charge on any atom is 0.156 e. The zero-order chi connectivity index (χ0) is 12.1. The number of anilines is 1. The number of aromatic nitrogens is 2. The van der Waals surface area contributed by atoms with Gasteiger partial charge in [-0.15, -0.1) is 5.10 Å². The van der Waals surface area contributed by atoms with E-state index in [1.165, 1.54) is 0 Å². The minimum absolute atomic E-state index is 0.240. The normalized spacial score (nSPS) is 12.6. The zero-order valence-corrected chi connectivity index (χ0v) is 9.93. The van der Waals surface area contributed by atoms with Crippen molar-refractivity contribution in [2.75, 3.05) is 11.9 Å². The molecule has 0 radical (unpaired) electrons. The smallest absolute Gasteiger partial charge is 0.156 e. The largest absolute Gasteiger partial charge is 0.393 e. The lowest BCUT2D eigenvalue weighted by Crippen LogP contribution is -2.08. The van der Waals surface area contributed by atoms with Crippen LogP contribution in [0.15, 0.2) is 30.5 Å². The molecule has 0 aliphatic heterocycles. The predicted molar refractivity (Wildman–Crippen MR) is 68.9 cm³/mol. The number of nitrogens with one attached hydrogen (secondary N) is 1. The standard InChI is InChI=1S/C13H17N3O/c1-10(17)5-4-8-14-13-12-7-3-2-6-11(12)9-15-16-13/h2-3,6-7,9-10,17H,4-5,8H2,1H3,(H,14,16). The number of nitrogens with zero attached hydrogens (tertiary/aromatic N) is 2. The van der Waals surface area contributed by atoms with Crippen LogP contribution < -0.4 is 5.32 Å². The molecule has 1 atom stereocenters. The Morgan fingerprint density at radius 1 is 1.35 bits per heavy atom. The van der Waals surface area contributed by atoms with Crippen LogP contribution in [0.2, 0.25) is 0 Å². The van der Waals surface area contributed by atoms with Gasteiger partial charge in [-0.05, 0) is 19.8 Å². The van der Waals surface area contributed by atoms with Gasteiger partial charge in [-0.1, -0.05) is 24.3 Å². The lowest BCUT2D eigenvalue weighted by molar-refractivity contribution is 0.183. The first-order valence-electron chi connectivity index (χ1n) is 5.90. The van der Waals surface area contributed by atoms with E-state index in [1.54, 1.807) is 13.1 Å². The van der Waals surface area contributed by atoms with E-state index in [1.807, 2.05) is 24.3 Å². The molecule has 0 amide bonds. The third-order valence-corrected chi connectivity index (χ3v) is 2.66. The third-order valence-electron chi connectivity index (χ3n) is 2.66. The Bertz CT molecular complexity index is 480. The van der Waals surface area contributed by atoms with Crippen LogP contribution in [0.1, 0.15) is 19.8 Å². The van der Waals surface area contributed by atoms with Crippen molar-refractivity contribution >= 4 is 16.6 Å². The molecule has 2 rings (SSSR count). The topological polar surface area (TPSA) is 58.0 Å². The van der Waals surface area contributed by atoms with Crippen LogP contribution >= 0.6 is 0 Å². The quantitative estimate of drug-likeness (QED) is 0.774. The average molecular weight is 231 g/mol. The van der Waals surface area contributed by atoms with Crippen molar-refractivity contribution < 1.29 is 5.11 Å². The van der Waals surface area contributed by atoms with Gasteiger partial charge < -0.3 is 10.4 Å². The molecular weight excluding hydrogens is 214 g/mol. The molecule has 1 unspecified atom stereocenters. The monoisotopic (exact) mass is 231 g/mol. The summed E-state index contributed by atoms with van der Waals surface area (Å²) in [5.41, 5.74) is 0. The summed E-state index contributed by atoms with van der Waals surface area (Å²) < 4.78 is 0. The summed E-state index contributed by atoms with van der Waals surface area (Å²) in [5, 5.41) is 22.7. The molecule has 4 nitrogen and oxygen atoms in total. The number of benzene rings is 1. The zero-order valence-electron chi connectivity index (χ0n) is 9.93. The maximum absolute atomic E-state index is 9.17. The van der Waals surface area contributed by atoms with Gasteiger partial charge >= 0.3 is 0 Å². The van der Waals surface area contributed by atoms with E-state index in [-0.39, 0.29) is 6.10 Å². The molecule has 0 fully saturated rings. The Morgan fingerprint density at radius 2 is 2.18 bits per heavy atom. The number of aliphatic hydroxyl groups excluding tert-OH is 1. The van der Waals surface area contributed by atoms with E-state index < -0.39 is 0 Å². The van der Waals surface area contributed by atoms with Gasteiger partial charge in [0.1, 0.15) is 0 Å². The van der Waals surface area contributed by atoms with E-state index >= 15 is 0 Å². The molecule has 1 aromatic heterocycles. The molecular formula is C13H17N3O. The number of hydrogen-bond donors (Lipinski definition) is 2. The summed E-state index contributed by atoms with van der Waals surface area (Å²) in [6.07, 6.45) is 3.24. The van der Waals surface area contributed by atoms with Gasteiger partial charge in [0, 0.05) is 17.3 Å². The molecule has 0 spiro atoms. The fourth-order valence-electron chi connectivity index (χ4n) is 1.76. The lowest BCUT2D eigenvalue weighted by atomic mass is 10.2. The summed E-state index contributed by atoms with van der Waals surface area (Å²) in [6, 6.07) is 8.03. The van der Waals surface area contributed by atoms with Crippen LogP contribution in [-0.2, 0) is 0 Å². The maximum atomic E-state index is 9.17. The highest BCUT2D eigenvalue weighted by molar-refractivity contribution is 5.90. The summed E-state index contributed by atoms with van der Waals surface area (Å²) in [7, 11) is 0. The van der Waals surface area contributed by atoms with Gasteiger partial charge in [0.25, 0.3) is 0 Å². The summed E-state index contributed by atoms with van der Waals surface area (Å²) in [6.45, 7) is 2.60. The average Bonchev–Trinajstić information content (AvgIpc) is 2.34. The van der Waals surface area contributed by atoms with E-state index in [9.17, 15) is 0 Å². The number of aliphatic hydroxyl groups is 1. The molecule has 0 saturated carbocycles. The third kappa shape index (κ3) is 3.14. The predicted octanol–water partition coefficient (Wildman–Crippen LogP) is 2.20. The fraction of sp³-hybridized carbons (Fsp3) is 0.385. The molecule has 4 heteroatoms. The number of fused-ring (bicyclic) bond motifs is 1. The van der Waals surface area contributed by atoms with E-state index in [0.717, 1.165) is 36.0 Å². The molecule has 0 aliphatic carbocycles. The van der Waals surface area contributed by atoms with Gasteiger partial charge in [0.2, 0.25) is 0 Å². The number of hydrogen-bond acceptors (Lipinski definition) is 4. The highest BCUT2D eigenvalue weighted by atomic mass is 16.3. The fourth-order valence-corrected chi connectivity index (χ4v) is 1.76. The van der Waals surface area contributed by atoms with Gasteiger partial charge in [0.05, 0.1) is 12.3 Å². The molecule has 0 saturated heterocycles. The Labute approximate surface area is 101 Å². The Hall–Kier alpha value is -1.68. The second-order valence-corrected chi connectivity index (χ2v) is 4.20. The molecule has 1 aromatic carbocycles. The van der Waals surface area contributed by atoms with Crippen molar-refractivity contribution in [2.45, 2.75) is 25.9 Å². The molecule has 2 aromatic rings. The van der Waals surface area contributed by atoms with Gasteiger partial charge in [0.15, 0.2) is 5.82 Å².